The fourth-order valence-corrected chi connectivity index (χ4v) is 2.07. The number of hydrogen-bond donors (Lipinski definition) is 2. The molecule has 5 nitrogen and oxygen atoms in total. The van der Waals surface area contributed by atoms with Gasteiger partial charge in [0.2, 0.25) is 6.79 Å². The molecule has 120 valence electrons. The quantitative estimate of drug-likeness (QED) is 0.891. The number of ether oxygens (including phenoxy) is 2. The van der Waals surface area contributed by atoms with Crippen molar-refractivity contribution in [3.05, 3.63) is 70.9 Å². The van der Waals surface area contributed by atoms with Gasteiger partial charge in [-0.15, -0.1) is 0 Å². The number of aromatic nitrogens is 1. The zero-order valence-corrected chi connectivity index (χ0v) is 13.3. The molecule has 1 aliphatic heterocycles. The molecule has 1 aromatic heterocycles. The lowest BCUT2D eigenvalue weighted by Gasteiger charge is -2.05. The maximum Gasteiger partial charge on any atom is 0.272 e. The molecule has 1 aliphatic rings. The fraction of sp³-hybridized carbons (Fsp3) is 0.167. The molecule has 2 rings (SSSR count). The van der Waals surface area contributed by atoms with E-state index in [2.05, 4.69) is 23.5 Å². The van der Waals surface area contributed by atoms with E-state index in [0.717, 1.165) is 10.6 Å². The number of amides is 1. The molecule has 1 fully saturated rings. The highest BCUT2D eigenvalue weighted by atomic mass is 16.7. The van der Waals surface area contributed by atoms with Gasteiger partial charge >= 0.3 is 0 Å². The van der Waals surface area contributed by atoms with Crippen molar-refractivity contribution < 1.29 is 14.3 Å². The lowest BCUT2D eigenvalue weighted by Crippen LogP contribution is -2.23. The summed E-state index contributed by atoms with van der Waals surface area (Å²) < 4.78 is 10.4. The van der Waals surface area contributed by atoms with Gasteiger partial charge in [-0.05, 0) is 31.2 Å². The lowest BCUT2D eigenvalue weighted by atomic mass is 10.3. The second kappa shape index (κ2) is 7.35. The van der Waals surface area contributed by atoms with Gasteiger partial charge in [-0.1, -0.05) is 31.4 Å². The van der Waals surface area contributed by atoms with Crippen LogP contribution in [-0.2, 0) is 9.47 Å². The highest BCUT2D eigenvalue weighted by Crippen LogP contribution is 2.19. The Morgan fingerprint density at radius 1 is 1.39 bits per heavy atom. The van der Waals surface area contributed by atoms with Crippen LogP contribution in [0, 0.1) is 0 Å². The van der Waals surface area contributed by atoms with Crippen molar-refractivity contribution in [1.29, 1.82) is 0 Å². The van der Waals surface area contributed by atoms with Crippen molar-refractivity contribution in [1.82, 2.24) is 10.3 Å². The minimum atomic E-state index is -0.244. The summed E-state index contributed by atoms with van der Waals surface area (Å²) in [5.41, 5.74) is 1.06. The standard InChI is InChI=1S/C18H20N2O3/c1-5-8-15-13(6-2)9-16(20-15)18(21)19-14(7-3)10-17-12(4)22-11-23-17/h5-10,20H,1,4,11H2,2-3H3,(H,19,21)/b13-6-,14-7+,15-8+,17-10+. The van der Waals surface area contributed by atoms with E-state index in [1.165, 1.54) is 0 Å². The number of carbonyl (C=O) groups excluding carboxylic acids is 1. The van der Waals surface area contributed by atoms with Crippen molar-refractivity contribution >= 4 is 18.1 Å². The van der Waals surface area contributed by atoms with E-state index >= 15 is 0 Å². The third-order valence-electron chi connectivity index (χ3n) is 3.30. The van der Waals surface area contributed by atoms with Crippen molar-refractivity contribution in [3.8, 4) is 0 Å². The summed E-state index contributed by atoms with van der Waals surface area (Å²) in [5.74, 6) is 0.712. The summed E-state index contributed by atoms with van der Waals surface area (Å²) in [5, 5.41) is 4.60. The molecule has 1 aromatic rings. The Labute approximate surface area is 135 Å². The first kappa shape index (κ1) is 16.4. The van der Waals surface area contributed by atoms with Crippen LogP contribution in [0.4, 0.5) is 0 Å². The highest BCUT2D eigenvalue weighted by molar-refractivity contribution is 5.94. The number of rotatable bonds is 4. The number of hydrogen-bond acceptors (Lipinski definition) is 3. The molecule has 1 saturated heterocycles. The van der Waals surface area contributed by atoms with Crippen LogP contribution in [0.5, 0.6) is 0 Å². The van der Waals surface area contributed by atoms with Crippen molar-refractivity contribution in [2.24, 2.45) is 0 Å². The Hall–Kier alpha value is -2.95. The number of carbonyl (C=O) groups is 1. The third-order valence-corrected chi connectivity index (χ3v) is 3.30. The molecule has 0 radical (unpaired) electrons. The van der Waals surface area contributed by atoms with E-state index in [-0.39, 0.29) is 12.7 Å². The van der Waals surface area contributed by atoms with Crippen LogP contribution in [0.15, 0.2) is 54.7 Å². The third kappa shape index (κ3) is 3.83. The van der Waals surface area contributed by atoms with Gasteiger partial charge in [0, 0.05) is 17.1 Å². The lowest BCUT2D eigenvalue weighted by molar-refractivity contribution is 0.0961. The van der Waals surface area contributed by atoms with Crippen molar-refractivity contribution in [3.63, 3.8) is 0 Å². The van der Waals surface area contributed by atoms with E-state index < -0.39 is 0 Å². The summed E-state index contributed by atoms with van der Waals surface area (Å²) >= 11 is 0. The molecule has 23 heavy (non-hydrogen) atoms. The van der Waals surface area contributed by atoms with E-state index in [9.17, 15) is 4.79 Å². The number of aromatic amines is 1. The first-order chi connectivity index (χ1) is 11.1. The Morgan fingerprint density at radius 2 is 2.17 bits per heavy atom. The van der Waals surface area contributed by atoms with Gasteiger partial charge in [-0.2, -0.15) is 0 Å². The second-order valence-electron chi connectivity index (χ2n) is 4.78. The van der Waals surface area contributed by atoms with E-state index in [0.29, 0.717) is 22.9 Å². The van der Waals surface area contributed by atoms with Gasteiger partial charge in [0.15, 0.2) is 11.5 Å². The van der Waals surface area contributed by atoms with Crippen molar-refractivity contribution in [2.45, 2.75) is 13.8 Å². The molecular formula is C18H20N2O3. The molecule has 1 amide bonds. The summed E-state index contributed by atoms with van der Waals surface area (Å²) in [6.45, 7) is 11.3. The van der Waals surface area contributed by atoms with Gasteiger partial charge in [0.1, 0.15) is 5.69 Å². The summed E-state index contributed by atoms with van der Waals surface area (Å²) in [4.78, 5) is 15.5. The molecule has 0 unspecified atom stereocenters. The molecule has 0 aromatic carbocycles. The van der Waals surface area contributed by atoms with E-state index in [1.807, 2.05) is 26.0 Å². The van der Waals surface area contributed by atoms with Crippen LogP contribution in [0.2, 0.25) is 0 Å². The zero-order valence-electron chi connectivity index (χ0n) is 13.3. The number of nitrogens with one attached hydrogen (secondary N) is 2. The largest absolute Gasteiger partial charge is 0.454 e. The number of H-pyrrole nitrogens is 1. The predicted molar refractivity (Wildman–Crippen MR) is 90.3 cm³/mol. The molecule has 2 heterocycles. The fourth-order valence-electron chi connectivity index (χ4n) is 2.07. The van der Waals surface area contributed by atoms with E-state index in [4.69, 9.17) is 9.47 Å². The maximum atomic E-state index is 12.4. The van der Waals surface area contributed by atoms with Crippen molar-refractivity contribution in [2.75, 3.05) is 6.79 Å². The smallest absolute Gasteiger partial charge is 0.272 e. The predicted octanol–water partition coefficient (Wildman–Crippen LogP) is 1.82. The Kier molecular flexibility index (Phi) is 5.25. The molecule has 2 N–H and O–H groups in total. The molecule has 0 saturated carbocycles. The second-order valence-corrected chi connectivity index (χ2v) is 4.78. The first-order valence-corrected chi connectivity index (χ1v) is 7.21. The van der Waals surface area contributed by atoms with Crippen LogP contribution in [0.1, 0.15) is 24.3 Å². The van der Waals surface area contributed by atoms with Crippen LogP contribution in [-0.4, -0.2) is 17.7 Å². The summed E-state index contributed by atoms with van der Waals surface area (Å²) in [6, 6.07) is 1.79. The van der Waals surface area contributed by atoms with Crippen LogP contribution < -0.4 is 15.9 Å². The Balaban J connectivity index is 2.23. The summed E-state index contributed by atoms with van der Waals surface area (Å²) in [6.07, 6.45) is 8.87. The maximum absolute atomic E-state index is 12.4. The average Bonchev–Trinajstić information content (AvgIpc) is 3.13. The molecular weight excluding hydrogens is 292 g/mol. The van der Waals surface area contributed by atoms with Crippen LogP contribution >= 0.6 is 0 Å². The average molecular weight is 312 g/mol. The molecule has 5 heteroatoms. The SMILES string of the molecule is C=C/C=c1/[nH]c(C(=O)NC(=C/C)/C=C2/OCOC2=C)c/c1=C/C. The highest BCUT2D eigenvalue weighted by Gasteiger charge is 2.15. The first-order valence-electron chi connectivity index (χ1n) is 7.21. The van der Waals surface area contributed by atoms with Crippen LogP contribution in [0.25, 0.3) is 12.2 Å². The van der Waals surface area contributed by atoms with Gasteiger partial charge < -0.3 is 19.8 Å². The minimum Gasteiger partial charge on any atom is -0.454 e. The molecule has 0 spiro atoms. The minimum absolute atomic E-state index is 0.142. The summed E-state index contributed by atoms with van der Waals surface area (Å²) in [7, 11) is 0. The van der Waals surface area contributed by atoms with Gasteiger partial charge in [0.05, 0.1) is 0 Å². The van der Waals surface area contributed by atoms with Crippen LogP contribution in [0.3, 0.4) is 0 Å². The normalized spacial score (nSPS) is 18.1. The van der Waals surface area contributed by atoms with E-state index in [1.54, 1.807) is 24.3 Å². The topological polar surface area (TPSA) is 63.4 Å². The Morgan fingerprint density at radius 3 is 2.74 bits per heavy atom. The van der Waals surface area contributed by atoms with Gasteiger partial charge in [0.25, 0.3) is 5.91 Å². The Bertz CT molecular complexity index is 810. The number of allylic oxidation sites excluding steroid dienone is 3. The molecule has 0 atom stereocenters. The van der Waals surface area contributed by atoms with Gasteiger partial charge in [-0.25, -0.2) is 0 Å². The molecule has 0 bridgehead atoms. The molecule has 0 aliphatic carbocycles. The zero-order chi connectivity index (χ0) is 16.8. The monoisotopic (exact) mass is 312 g/mol. The van der Waals surface area contributed by atoms with Gasteiger partial charge in [-0.3, -0.25) is 4.79 Å².